The molecule has 0 spiro atoms. The number of carbonyl (C=O) groups excluding carboxylic acids is 2. The SMILES string of the molecule is CC(=O)NC(N)C(=O)OCc1ccccc1. The van der Waals surface area contributed by atoms with Crippen molar-refractivity contribution in [3.8, 4) is 0 Å². The molecule has 1 unspecified atom stereocenters. The maximum absolute atomic E-state index is 11.3. The molecule has 0 aromatic heterocycles. The number of hydrogen-bond donors (Lipinski definition) is 2. The minimum atomic E-state index is -1.11. The lowest BCUT2D eigenvalue weighted by Gasteiger charge is -2.11. The Morgan fingerprint density at radius 1 is 1.38 bits per heavy atom. The van der Waals surface area contributed by atoms with E-state index in [9.17, 15) is 9.59 Å². The molecule has 1 rings (SSSR count). The highest BCUT2D eigenvalue weighted by Gasteiger charge is 2.15. The molecule has 5 heteroatoms. The number of hydrogen-bond acceptors (Lipinski definition) is 4. The van der Waals surface area contributed by atoms with E-state index >= 15 is 0 Å². The molecule has 1 amide bonds. The van der Waals surface area contributed by atoms with Crippen LogP contribution in [-0.2, 0) is 20.9 Å². The zero-order chi connectivity index (χ0) is 12.0. The summed E-state index contributed by atoms with van der Waals surface area (Å²) in [4.78, 5) is 21.9. The molecule has 0 aliphatic carbocycles. The lowest BCUT2D eigenvalue weighted by atomic mass is 10.2. The van der Waals surface area contributed by atoms with E-state index in [0.717, 1.165) is 5.56 Å². The van der Waals surface area contributed by atoms with Crippen LogP contribution in [0.25, 0.3) is 0 Å². The molecule has 0 fully saturated rings. The monoisotopic (exact) mass is 222 g/mol. The highest BCUT2D eigenvalue weighted by molar-refractivity contribution is 5.82. The van der Waals surface area contributed by atoms with Gasteiger partial charge in [-0.3, -0.25) is 4.79 Å². The number of esters is 1. The van der Waals surface area contributed by atoms with Crippen molar-refractivity contribution in [3.63, 3.8) is 0 Å². The number of ether oxygens (including phenoxy) is 1. The van der Waals surface area contributed by atoms with Crippen molar-refractivity contribution >= 4 is 11.9 Å². The van der Waals surface area contributed by atoms with Crippen LogP contribution in [0.1, 0.15) is 12.5 Å². The first-order chi connectivity index (χ1) is 7.59. The highest BCUT2D eigenvalue weighted by atomic mass is 16.5. The fourth-order valence-corrected chi connectivity index (χ4v) is 1.10. The molecule has 0 heterocycles. The molecule has 1 aromatic rings. The summed E-state index contributed by atoms with van der Waals surface area (Å²) < 4.78 is 4.91. The molecule has 1 aromatic carbocycles. The van der Waals surface area contributed by atoms with Crippen molar-refractivity contribution < 1.29 is 14.3 Å². The molecule has 3 N–H and O–H groups in total. The summed E-state index contributed by atoms with van der Waals surface area (Å²) in [5, 5.41) is 2.24. The Bertz CT molecular complexity index is 365. The topological polar surface area (TPSA) is 81.4 Å². The Labute approximate surface area is 93.6 Å². The Kier molecular flexibility index (Phi) is 4.47. The Morgan fingerprint density at radius 2 is 2.00 bits per heavy atom. The van der Waals surface area contributed by atoms with Gasteiger partial charge in [0.1, 0.15) is 6.61 Å². The van der Waals surface area contributed by atoms with Gasteiger partial charge in [0.2, 0.25) is 5.91 Å². The Balaban J connectivity index is 2.38. The van der Waals surface area contributed by atoms with Crippen molar-refractivity contribution in [1.29, 1.82) is 0 Å². The molecule has 86 valence electrons. The number of benzene rings is 1. The molecule has 0 aliphatic rings. The van der Waals surface area contributed by atoms with E-state index in [1.165, 1.54) is 6.92 Å². The summed E-state index contributed by atoms with van der Waals surface area (Å²) in [7, 11) is 0. The van der Waals surface area contributed by atoms with Crippen molar-refractivity contribution in [2.45, 2.75) is 19.7 Å². The van der Waals surface area contributed by atoms with Gasteiger partial charge < -0.3 is 15.8 Å². The van der Waals surface area contributed by atoms with Crippen molar-refractivity contribution in [1.82, 2.24) is 5.32 Å². The molecule has 5 nitrogen and oxygen atoms in total. The second kappa shape index (κ2) is 5.87. The maximum Gasteiger partial charge on any atom is 0.343 e. The predicted molar refractivity (Wildman–Crippen MR) is 58.0 cm³/mol. The van der Waals surface area contributed by atoms with Gasteiger partial charge in [0.15, 0.2) is 6.17 Å². The maximum atomic E-state index is 11.3. The van der Waals surface area contributed by atoms with E-state index in [0.29, 0.717) is 0 Å². The lowest BCUT2D eigenvalue weighted by molar-refractivity contribution is -0.148. The van der Waals surface area contributed by atoms with Crippen LogP contribution in [0, 0.1) is 0 Å². The molecule has 16 heavy (non-hydrogen) atoms. The van der Waals surface area contributed by atoms with Crippen molar-refractivity contribution in [3.05, 3.63) is 35.9 Å². The second-order valence-electron chi connectivity index (χ2n) is 3.27. The van der Waals surface area contributed by atoms with Crippen LogP contribution in [0.4, 0.5) is 0 Å². The first kappa shape index (κ1) is 12.2. The number of nitrogens with two attached hydrogens (primary N) is 1. The van der Waals surface area contributed by atoms with Gasteiger partial charge in [0.05, 0.1) is 0 Å². The third-order valence-corrected chi connectivity index (χ3v) is 1.84. The van der Waals surface area contributed by atoms with Crippen molar-refractivity contribution in [2.75, 3.05) is 0 Å². The van der Waals surface area contributed by atoms with Gasteiger partial charge in [-0.1, -0.05) is 30.3 Å². The molecule has 0 saturated carbocycles. The summed E-state index contributed by atoms with van der Waals surface area (Å²) in [6.45, 7) is 1.43. The van der Waals surface area contributed by atoms with Crippen molar-refractivity contribution in [2.24, 2.45) is 5.73 Å². The van der Waals surface area contributed by atoms with Gasteiger partial charge in [-0.05, 0) is 5.56 Å². The third kappa shape index (κ3) is 4.10. The summed E-state index contributed by atoms with van der Waals surface area (Å²) in [6, 6.07) is 9.22. The number of amides is 1. The van der Waals surface area contributed by atoms with Crippen LogP contribution in [0.15, 0.2) is 30.3 Å². The number of nitrogens with one attached hydrogen (secondary N) is 1. The molecular formula is C11H14N2O3. The second-order valence-corrected chi connectivity index (χ2v) is 3.27. The van der Waals surface area contributed by atoms with E-state index in [2.05, 4.69) is 5.32 Å². The van der Waals surface area contributed by atoms with Gasteiger partial charge in [0.25, 0.3) is 0 Å². The fourth-order valence-electron chi connectivity index (χ4n) is 1.10. The number of rotatable bonds is 4. The highest BCUT2D eigenvalue weighted by Crippen LogP contribution is 2.00. The molecule has 0 radical (unpaired) electrons. The molecule has 0 aliphatic heterocycles. The molecule has 0 bridgehead atoms. The van der Waals surface area contributed by atoms with Crippen LogP contribution >= 0.6 is 0 Å². The first-order valence-corrected chi connectivity index (χ1v) is 4.83. The van der Waals surface area contributed by atoms with Crippen LogP contribution < -0.4 is 11.1 Å². The van der Waals surface area contributed by atoms with Gasteiger partial charge >= 0.3 is 5.97 Å². The summed E-state index contributed by atoms with van der Waals surface area (Å²) in [5.41, 5.74) is 6.24. The van der Waals surface area contributed by atoms with Crippen LogP contribution in [0.2, 0.25) is 0 Å². The average Bonchev–Trinajstić information content (AvgIpc) is 2.26. The lowest BCUT2D eigenvalue weighted by Crippen LogP contribution is -2.47. The molecular weight excluding hydrogens is 208 g/mol. The third-order valence-electron chi connectivity index (χ3n) is 1.84. The van der Waals surface area contributed by atoms with Gasteiger partial charge in [-0.2, -0.15) is 0 Å². The van der Waals surface area contributed by atoms with E-state index in [-0.39, 0.29) is 12.5 Å². The van der Waals surface area contributed by atoms with E-state index < -0.39 is 12.1 Å². The Morgan fingerprint density at radius 3 is 2.56 bits per heavy atom. The molecule has 1 atom stereocenters. The zero-order valence-electron chi connectivity index (χ0n) is 8.97. The van der Waals surface area contributed by atoms with Crippen LogP contribution in [0.5, 0.6) is 0 Å². The fraction of sp³-hybridized carbons (Fsp3) is 0.273. The standard InChI is InChI=1S/C11H14N2O3/c1-8(14)13-10(12)11(15)16-7-9-5-3-2-4-6-9/h2-6,10H,7,12H2,1H3,(H,13,14). The smallest absolute Gasteiger partial charge is 0.343 e. The van der Waals surface area contributed by atoms with Crippen LogP contribution in [0.3, 0.4) is 0 Å². The number of carbonyl (C=O) groups is 2. The van der Waals surface area contributed by atoms with E-state index in [4.69, 9.17) is 10.5 Å². The Hall–Kier alpha value is -1.88. The van der Waals surface area contributed by atoms with Gasteiger partial charge in [0, 0.05) is 6.92 Å². The van der Waals surface area contributed by atoms with Gasteiger partial charge in [-0.15, -0.1) is 0 Å². The minimum Gasteiger partial charge on any atom is -0.458 e. The minimum absolute atomic E-state index is 0.146. The average molecular weight is 222 g/mol. The summed E-state index contributed by atoms with van der Waals surface area (Å²) in [5.74, 6) is -1.02. The normalized spacial score (nSPS) is 11.6. The van der Waals surface area contributed by atoms with Gasteiger partial charge in [-0.25, -0.2) is 4.79 Å². The van der Waals surface area contributed by atoms with E-state index in [1.54, 1.807) is 0 Å². The van der Waals surface area contributed by atoms with E-state index in [1.807, 2.05) is 30.3 Å². The largest absolute Gasteiger partial charge is 0.458 e. The quantitative estimate of drug-likeness (QED) is 0.561. The zero-order valence-corrected chi connectivity index (χ0v) is 8.97. The summed E-state index contributed by atoms with van der Waals surface area (Å²) in [6.07, 6.45) is -1.11. The molecule has 0 saturated heterocycles. The predicted octanol–water partition coefficient (Wildman–Crippen LogP) is 0.151. The van der Waals surface area contributed by atoms with Crippen LogP contribution in [-0.4, -0.2) is 18.0 Å². The summed E-state index contributed by atoms with van der Waals surface area (Å²) >= 11 is 0. The first-order valence-electron chi connectivity index (χ1n) is 4.83.